The first-order valence-electron chi connectivity index (χ1n) is 9.33. The van der Waals surface area contributed by atoms with E-state index in [4.69, 9.17) is 4.74 Å². The molecule has 0 bridgehead atoms. The zero-order chi connectivity index (χ0) is 21.1. The Morgan fingerprint density at radius 3 is 2.57 bits per heavy atom. The van der Waals surface area contributed by atoms with E-state index in [1.807, 2.05) is 6.92 Å². The highest BCUT2D eigenvalue weighted by molar-refractivity contribution is 6.05. The maximum Gasteiger partial charge on any atom is 0.279 e. The molecule has 154 valence electrons. The number of nitrogens with zero attached hydrogens (tertiary/aromatic N) is 5. The van der Waals surface area contributed by atoms with E-state index in [0.29, 0.717) is 31.1 Å². The molecule has 1 fully saturated rings. The lowest BCUT2D eigenvalue weighted by atomic mass is 10.1. The van der Waals surface area contributed by atoms with E-state index >= 15 is 0 Å². The Morgan fingerprint density at radius 2 is 1.83 bits per heavy atom. The van der Waals surface area contributed by atoms with E-state index in [-0.39, 0.29) is 17.5 Å². The van der Waals surface area contributed by atoms with Gasteiger partial charge in [-0.15, -0.1) is 0 Å². The van der Waals surface area contributed by atoms with Gasteiger partial charge in [0.25, 0.3) is 5.91 Å². The van der Waals surface area contributed by atoms with Gasteiger partial charge in [0.15, 0.2) is 11.5 Å². The van der Waals surface area contributed by atoms with Crippen molar-refractivity contribution in [1.82, 2.24) is 19.9 Å². The summed E-state index contributed by atoms with van der Waals surface area (Å²) >= 11 is 0. The van der Waals surface area contributed by atoms with Gasteiger partial charge in [0.05, 0.1) is 13.1 Å². The standard InChI is InChI=1S/C20H18F2N6O2/c1-2-14-8-17(26-11-25-14)27-20(29)18-19(24-4-3-23-18)28-9-16(10-28)30-15-6-12(21)5-13(22)7-15/h3-8,11,16H,2,9-10H2,1H3,(H,25,26,27,29). The van der Waals surface area contributed by atoms with Crippen LogP contribution in [0.25, 0.3) is 0 Å². The number of hydrogen-bond acceptors (Lipinski definition) is 7. The maximum atomic E-state index is 13.3. The molecule has 0 radical (unpaired) electrons. The number of amides is 1. The van der Waals surface area contributed by atoms with Crippen LogP contribution in [0.5, 0.6) is 5.75 Å². The summed E-state index contributed by atoms with van der Waals surface area (Å²) in [6.45, 7) is 2.74. The first kappa shape index (κ1) is 19.6. The Morgan fingerprint density at radius 1 is 1.10 bits per heavy atom. The van der Waals surface area contributed by atoms with Crippen molar-refractivity contribution in [3.63, 3.8) is 0 Å². The lowest BCUT2D eigenvalue weighted by molar-refractivity contribution is 0.102. The normalized spacial score (nSPS) is 13.6. The SMILES string of the molecule is CCc1cc(NC(=O)c2nccnc2N2CC(Oc3cc(F)cc(F)c3)C2)ncn1. The zero-order valence-corrected chi connectivity index (χ0v) is 16.0. The minimum atomic E-state index is -0.704. The van der Waals surface area contributed by atoms with Gasteiger partial charge in [-0.05, 0) is 6.42 Å². The van der Waals surface area contributed by atoms with Crippen LogP contribution in [0.4, 0.5) is 20.4 Å². The second-order valence-corrected chi connectivity index (χ2v) is 6.68. The Labute approximate surface area is 171 Å². The summed E-state index contributed by atoms with van der Waals surface area (Å²) in [5.41, 5.74) is 0.945. The smallest absolute Gasteiger partial charge is 0.279 e. The fraction of sp³-hybridized carbons (Fsp3) is 0.250. The number of anilines is 2. The van der Waals surface area contributed by atoms with Crippen LogP contribution in [0, 0.1) is 11.6 Å². The van der Waals surface area contributed by atoms with Gasteiger partial charge < -0.3 is 15.0 Å². The van der Waals surface area contributed by atoms with E-state index in [1.54, 1.807) is 11.0 Å². The van der Waals surface area contributed by atoms with Gasteiger partial charge in [-0.2, -0.15) is 0 Å². The van der Waals surface area contributed by atoms with E-state index in [1.165, 1.54) is 18.7 Å². The largest absolute Gasteiger partial charge is 0.487 e. The highest BCUT2D eigenvalue weighted by Gasteiger charge is 2.33. The first-order chi connectivity index (χ1) is 14.5. The topological polar surface area (TPSA) is 93.1 Å². The lowest BCUT2D eigenvalue weighted by Crippen LogP contribution is -2.54. The predicted molar refractivity (Wildman–Crippen MR) is 104 cm³/mol. The fourth-order valence-corrected chi connectivity index (χ4v) is 3.03. The molecule has 0 unspecified atom stereocenters. The molecule has 0 spiro atoms. The van der Waals surface area contributed by atoms with Crippen LogP contribution in [0.15, 0.2) is 43.0 Å². The van der Waals surface area contributed by atoms with E-state index in [2.05, 4.69) is 25.3 Å². The summed E-state index contributed by atoms with van der Waals surface area (Å²) in [4.78, 5) is 31.1. The summed E-state index contributed by atoms with van der Waals surface area (Å²) in [7, 11) is 0. The van der Waals surface area contributed by atoms with Crippen molar-refractivity contribution in [3.05, 3.63) is 66.0 Å². The third-order valence-electron chi connectivity index (χ3n) is 4.51. The van der Waals surface area contributed by atoms with E-state index in [0.717, 1.165) is 23.9 Å². The maximum absolute atomic E-state index is 13.3. The molecular weight excluding hydrogens is 394 g/mol. The number of aromatic nitrogens is 4. The minimum Gasteiger partial charge on any atom is -0.487 e. The monoisotopic (exact) mass is 412 g/mol. The molecule has 0 saturated carbocycles. The van der Waals surface area contributed by atoms with Gasteiger partial charge in [0, 0.05) is 42.4 Å². The second-order valence-electron chi connectivity index (χ2n) is 6.68. The Bertz CT molecular complexity index is 1050. The summed E-state index contributed by atoms with van der Waals surface area (Å²) in [6, 6.07) is 4.73. The Balaban J connectivity index is 1.43. The number of benzene rings is 1. The molecule has 1 saturated heterocycles. The van der Waals surface area contributed by atoms with Crippen LogP contribution in [0.1, 0.15) is 23.1 Å². The molecule has 8 nitrogen and oxygen atoms in total. The molecule has 0 aliphatic carbocycles. The molecule has 1 amide bonds. The summed E-state index contributed by atoms with van der Waals surface area (Å²) in [6.07, 6.45) is 4.73. The number of rotatable bonds is 6. The van der Waals surface area contributed by atoms with Crippen molar-refractivity contribution < 1.29 is 18.3 Å². The molecule has 3 aromatic rings. The van der Waals surface area contributed by atoms with Crippen LogP contribution in [0.2, 0.25) is 0 Å². The van der Waals surface area contributed by atoms with Gasteiger partial charge in [-0.1, -0.05) is 6.92 Å². The van der Waals surface area contributed by atoms with Crippen LogP contribution < -0.4 is 15.0 Å². The summed E-state index contributed by atoms with van der Waals surface area (Å²) < 4.78 is 32.2. The molecule has 1 aliphatic rings. The second kappa shape index (κ2) is 8.36. The summed E-state index contributed by atoms with van der Waals surface area (Å²) in [5, 5.41) is 2.71. The predicted octanol–water partition coefficient (Wildman–Crippen LogP) is 2.63. The van der Waals surface area contributed by atoms with Gasteiger partial charge in [0.2, 0.25) is 0 Å². The van der Waals surface area contributed by atoms with Gasteiger partial charge in [0.1, 0.15) is 35.6 Å². The quantitative estimate of drug-likeness (QED) is 0.665. The van der Waals surface area contributed by atoms with Crippen molar-refractivity contribution in [3.8, 4) is 5.75 Å². The summed E-state index contributed by atoms with van der Waals surface area (Å²) in [5.74, 6) is -0.971. The number of carbonyl (C=O) groups excluding carboxylic acids is 1. The molecule has 1 aliphatic heterocycles. The van der Waals surface area contributed by atoms with Crippen molar-refractivity contribution in [2.75, 3.05) is 23.3 Å². The Hall–Kier alpha value is -3.69. The fourth-order valence-electron chi connectivity index (χ4n) is 3.03. The van der Waals surface area contributed by atoms with Gasteiger partial charge in [-0.3, -0.25) is 4.79 Å². The zero-order valence-electron chi connectivity index (χ0n) is 16.0. The van der Waals surface area contributed by atoms with Crippen LogP contribution in [-0.2, 0) is 6.42 Å². The molecule has 2 aromatic heterocycles. The third-order valence-corrected chi connectivity index (χ3v) is 4.51. The molecule has 4 rings (SSSR count). The van der Waals surface area contributed by atoms with Gasteiger partial charge in [-0.25, -0.2) is 28.7 Å². The molecule has 1 N–H and O–H groups in total. The number of nitrogens with one attached hydrogen (secondary N) is 1. The average Bonchev–Trinajstić information content (AvgIpc) is 2.70. The van der Waals surface area contributed by atoms with Crippen molar-refractivity contribution in [1.29, 1.82) is 0 Å². The third kappa shape index (κ3) is 4.32. The number of halogens is 2. The lowest BCUT2D eigenvalue weighted by Gasteiger charge is -2.40. The Kier molecular flexibility index (Phi) is 5.46. The highest BCUT2D eigenvalue weighted by atomic mass is 19.1. The first-order valence-corrected chi connectivity index (χ1v) is 9.33. The van der Waals surface area contributed by atoms with Crippen LogP contribution >= 0.6 is 0 Å². The van der Waals surface area contributed by atoms with Crippen LogP contribution in [-0.4, -0.2) is 45.0 Å². The van der Waals surface area contributed by atoms with Crippen molar-refractivity contribution in [2.24, 2.45) is 0 Å². The molecule has 0 atom stereocenters. The van der Waals surface area contributed by atoms with E-state index in [9.17, 15) is 13.6 Å². The van der Waals surface area contributed by atoms with Crippen molar-refractivity contribution in [2.45, 2.75) is 19.4 Å². The highest BCUT2D eigenvalue weighted by Crippen LogP contribution is 2.26. The number of aryl methyl sites for hydroxylation is 1. The molecule has 1 aromatic carbocycles. The number of ether oxygens (including phenoxy) is 1. The van der Waals surface area contributed by atoms with Crippen molar-refractivity contribution >= 4 is 17.5 Å². The molecule has 3 heterocycles. The molecule has 10 heteroatoms. The van der Waals surface area contributed by atoms with E-state index < -0.39 is 17.5 Å². The molecular formula is C20H18F2N6O2. The average molecular weight is 412 g/mol. The molecule has 30 heavy (non-hydrogen) atoms. The van der Waals surface area contributed by atoms with Gasteiger partial charge >= 0.3 is 0 Å². The number of carbonyl (C=O) groups is 1. The minimum absolute atomic E-state index is 0.116. The number of hydrogen-bond donors (Lipinski definition) is 1. The van der Waals surface area contributed by atoms with Crippen LogP contribution in [0.3, 0.4) is 0 Å².